The minimum atomic E-state index is -0.722. The third kappa shape index (κ3) is 4.16. The molecule has 3 amide bonds. The lowest BCUT2D eigenvalue weighted by Crippen LogP contribution is -2.46. The third-order valence-electron chi connectivity index (χ3n) is 4.44. The fourth-order valence-electron chi connectivity index (χ4n) is 3.24. The molecule has 3 fully saturated rings. The van der Waals surface area contributed by atoms with Crippen LogP contribution < -0.4 is 10.6 Å². The van der Waals surface area contributed by atoms with Gasteiger partial charge in [-0.1, -0.05) is 0 Å². The summed E-state index contributed by atoms with van der Waals surface area (Å²) < 4.78 is 4.74. The van der Waals surface area contributed by atoms with Crippen LogP contribution in [-0.2, 0) is 14.3 Å². The molecule has 0 saturated carbocycles. The molecule has 6 nitrogen and oxygen atoms in total. The Morgan fingerprint density at radius 2 is 1.88 bits per heavy atom. The molecule has 0 bridgehead atoms. The summed E-state index contributed by atoms with van der Waals surface area (Å²) in [5.41, 5.74) is 0. The molecule has 0 aromatic carbocycles. The maximum atomic E-state index is 12.5. The summed E-state index contributed by atoms with van der Waals surface area (Å²) >= 11 is 5.32. The third-order valence-corrected chi connectivity index (χ3v) is 8.96. The Hall–Kier alpha value is -0.540. The predicted octanol–water partition coefficient (Wildman–Crippen LogP) is 1.83. The average Bonchev–Trinajstić information content (AvgIpc) is 3.22. The summed E-state index contributed by atoms with van der Waals surface area (Å²) in [6.07, 6.45) is 2.04. The molecule has 3 aliphatic heterocycles. The molecular weight excluding hydrogens is 368 g/mol. The Bertz CT molecular complexity index is 507. The molecule has 0 aromatic heterocycles. The van der Waals surface area contributed by atoms with E-state index in [2.05, 4.69) is 10.6 Å². The first kappa shape index (κ1) is 18.3. The van der Waals surface area contributed by atoms with Gasteiger partial charge in [0.05, 0.1) is 23.1 Å². The van der Waals surface area contributed by atoms with Gasteiger partial charge in [-0.3, -0.25) is 14.9 Å². The molecule has 3 saturated heterocycles. The molecule has 2 N–H and O–H groups in total. The molecule has 9 heteroatoms. The molecule has 0 spiro atoms. The van der Waals surface area contributed by atoms with E-state index in [-0.39, 0.29) is 35.0 Å². The Labute approximate surface area is 154 Å². The van der Waals surface area contributed by atoms with Crippen LogP contribution >= 0.6 is 35.3 Å². The first-order chi connectivity index (χ1) is 11.6. The Kier molecular flexibility index (Phi) is 6.26. The molecule has 5 unspecified atom stereocenters. The van der Waals surface area contributed by atoms with Crippen molar-refractivity contribution in [1.29, 1.82) is 0 Å². The number of carbonyl (C=O) groups is 3. The zero-order valence-corrected chi connectivity index (χ0v) is 15.9. The van der Waals surface area contributed by atoms with E-state index in [4.69, 9.17) is 4.74 Å². The lowest BCUT2D eigenvalue weighted by Gasteiger charge is -2.21. The van der Waals surface area contributed by atoms with Crippen LogP contribution in [0.3, 0.4) is 0 Å². The van der Waals surface area contributed by atoms with Crippen molar-refractivity contribution in [3.05, 3.63) is 0 Å². The summed E-state index contributed by atoms with van der Waals surface area (Å²) in [5, 5.41) is 6.21. The molecule has 5 atom stereocenters. The lowest BCUT2D eigenvalue weighted by atomic mass is 10.1. The first-order valence-electron chi connectivity index (χ1n) is 8.25. The van der Waals surface area contributed by atoms with Gasteiger partial charge < -0.3 is 10.1 Å². The van der Waals surface area contributed by atoms with Crippen LogP contribution in [0.15, 0.2) is 0 Å². The lowest BCUT2D eigenvalue weighted by molar-refractivity contribution is -0.125. The number of alkyl carbamates (subject to hydrolysis) is 1. The van der Waals surface area contributed by atoms with Gasteiger partial charge in [-0.25, -0.2) is 4.79 Å². The van der Waals surface area contributed by atoms with Gasteiger partial charge >= 0.3 is 6.09 Å². The second-order valence-corrected chi connectivity index (χ2v) is 10.0. The number of nitrogens with one attached hydrogen (secondary N) is 2. The van der Waals surface area contributed by atoms with Gasteiger partial charge in [-0.2, -0.15) is 11.8 Å². The van der Waals surface area contributed by atoms with Gasteiger partial charge in [0.25, 0.3) is 0 Å². The first-order valence-corrected chi connectivity index (χ1v) is 11.3. The molecule has 3 aliphatic rings. The zero-order chi connectivity index (χ0) is 17.1. The molecule has 3 heterocycles. The summed E-state index contributed by atoms with van der Waals surface area (Å²) in [6.45, 7) is 1.91. The van der Waals surface area contributed by atoms with Gasteiger partial charge in [-0.15, -0.1) is 23.5 Å². The molecular formula is C15H22N2O4S3. The molecule has 0 radical (unpaired) electrons. The minimum Gasteiger partial charge on any atom is -0.450 e. The van der Waals surface area contributed by atoms with Crippen LogP contribution in [0.5, 0.6) is 0 Å². The topological polar surface area (TPSA) is 84.5 Å². The molecule has 0 aliphatic carbocycles. The molecule has 3 rings (SSSR count). The number of thioether (sulfide) groups is 3. The maximum Gasteiger partial charge on any atom is 0.413 e. The van der Waals surface area contributed by atoms with Gasteiger partial charge in [0.1, 0.15) is 0 Å². The van der Waals surface area contributed by atoms with E-state index in [1.807, 2.05) is 11.8 Å². The van der Waals surface area contributed by atoms with Crippen LogP contribution in [-0.4, -0.2) is 57.1 Å². The molecule has 134 valence electrons. The fraction of sp³-hybridized carbons (Fsp3) is 0.800. The largest absolute Gasteiger partial charge is 0.450 e. The number of imide groups is 1. The van der Waals surface area contributed by atoms with E-state index in [1.54, 1.807) is 30.4 Å². The van der Waals surface area contributed by atoms with Crippen molar-refractivity contribution in [3.63, 3.8) is 0 Å². The second-order valence-electron chi connectivity index (χ2n) is 6.00. The number of ether oxygens (including phenoxy) is 1. The highest BCUT2D eigenvalue weighted by Crippen LogP contribution is 2.47. The van der Waals surface area contributed by atoms with Gasteiger partial charge in [0.15, 0.2) is 0 Å². The summed E-state index contributed by atoms with van der Waals surface area (Å²) in [6, 6.07) is 0. The number of fused-ring (bicyclic) bond motifs is 1. The summed E-state index contributed by atoms with van der Waals surface area (Å²) in [5.74, 6) is 1.28. The summed E-state index contributed by atoms with van der Waals surface area (Å²) in [7, 11) is 0. The maximum absolute atomic E-state index is 12.5. The molecule has 24 heavy (non-hydrogen) atoms. The van der Waals surface area contributed by atoms with Crippen LogP contribution in [0.25, 0.3) is 0 Å². The van der Waals surface area contributed by atoms with Crippen molar-refractivity contribution in [3.8, 4) is 0 Å². The van der Waals surface area contributed by atoms with Crippen molar-refractivity contribution >= 4 is 53.2 Å². The van der Waals surface area contributed by atoms with E-state index in [9.17, 15) is 14.4 Å². The van der Waals surface area contributed by atoms with E-state index < -0.39 is 6.09 Å². The van der Waals surface area contributed by atoms with Gasteiger partial charge in [-0.05, 0) is 37.7 Å². The molecule has 0 aromatic rings. The van der Waals surface area contributed by atoms with Gasteiger partial charge in [0.2, 0.25) is 11.8 Å². The quantitative estimate of drug-likeness (QED) is 0.757. The number of rotatable bonds is 4. The van der Waals surface area contributed by atoms with E-state index in [1.165, 1.54) is 12.2 Å². The van der Waals surface area contributed by atoms with Gasteiger partial charge in [0, 0.05) is 10.5 Å². The zero-order valence-electron chi connectivity index (χ0n) is 13.5. The Morgan fingerprint density at radius 1 is 1.08 bits per heavy atom. The number of hydrogen-bond acceptors (Lipinski definition) is 7. The van der Waals surface area contributed by atoms with Crippen LogP contribution in [0, 0.1) is 5.92 Å². The Morgan fingerprint density at radius 3 is 2.62 bits per heavy atom. The van der Waals surface area contributed by atoms with Crippen molar-refractivity contribution in [1.82, 2.24) is 10.6 Å². The number of carbonyl (C=O) groups excluding carboxylic acids is 3. The Balaban J connectivity index is 1.51. The standard InChI is InChI=1S/C15H22N2O4S3/c1-2-21-15(20)17-12(18)8-3-5-23-14(8)16-13(19)11-7-10-9(24-11)4-6-22-10/h8-11,14H,2-7H2,1H3,(H,16,19)(H,17,18,20). The van der Waals surface area contributed by atoms with E-state index in [0.717, 1.165) is 12.2 Å². The second kappa shape index (κ2) is 8.23. The van der Waals surface area contributed by atoms with E-state index in [0.29, 0.717) is 16.9 Å². The normalized spacial score (nSPS) is 34.6. The van der Waals surface area contributed by atoms with Crippen molar-refractivity contribution in [2.75, 3.05) is 18.1 Å². The average molecular weight is 391 g/mol. The van der Waals surface area contributed by atoms with Crippen molar-refractivity contribution in [2.24, 2.45) is 5.92 Å². The minimum absolute atomic E-state index is 0.0113. The van der Waals surface area contributed by atoms with Crippen molar-refractivity contribution in [2.45, 2.75) is 47.3 Å². The number of amides is 3. The van der Waals surface area contributed by atoms with E-state index >= 15 is 0 Å². The smallest absolute Gasteiger partial charge is 0.413 e. The highest BCUT2D eigenvalue weighted by Gasteiger charge is 2.43. The fourth-order valence-corrected chi connectivity index (χ4v) is 8.12. The highest BCUT2D eigenvalue weighted by atomic mass is 32.2. The van der Waals surface area contributed by atoms with Crippen LogP contribution in [0.1, 0.15) is 26.2 Å². The monoisotopic (exact) mass is 390 g/mol. The highest BCUT2D eigenvalue weighted by molar-refractivity contribution is 8.06. The van der Waals surface area contributed by atoms with Crippen LogP contribution in [0.4, 0.5) is 4.79 Å². The van der Waals surface area contributed by atoms with Crippen LogP contribution in [0.2, 0.25) is 0 Å². The summed E-state index contributed by atoms with van der Waals surface area (Å²) in [4.78, 5) is 36.2. The SMILES string of the molecule is CCOC(=O)NC(=O)C1CCSC1NC(=O)C1CC2SCCC2S1. The predicted molar refractivity (Wildman–Crippen MR) is 98.3 cm³/mol. The number of hydrogen-bond donors (Lipinski definition) is 2. The van der Waals surface area contributed by atoms with Crippen molar-refractivity contribution < 1.29 is 19.1 Å².